The lowest BCUT2D eigenvalue weighted by Crippen LogP contribution is -2.39. The number of aryl methyl sites for hydroxylation is 1. The van der Waals surface area contributed by atoms with Gasteiger partial charge in [0, 0.05) is 18.7 Å². The first-order valence-corrected chi connectivity index (χ1v) is 6.32. The van der Waals surface area contributed by atoms with Crippen molar-refractivity contribution in [3.8, 4) is 5.75 Å². The Kier molecular flexibility index (Phi) is 3.74. The summed E-state index contributed by atoms with van der Waals surface area (Å²) in [5, 5.41) is 12.3. The van der Waals surface area contributed by atoms with Crippen LogP contribution in [-0.4, -0.2) is 41.5 Å². The number of amides is 2. The zero-order valence-electron chi connectivity index (χ0n) is 11.1. The molecule has 1 fully saturated rings. The predicted octanol–water partition coefficient (Wildman–Crippen LogP) is 1.05. The monoisotopic (exact) mass is 262 g/mol. The van der Waals surface area contributed by atoms with Crippen LogP contribution in [0.3, 0.4) is 0 Å². The Bertz CT molecular complexity index is 509. The summed E-state index contributed by atoms with van der Waals surface area (Å²) in [5.41, 5.74) is 1.11. The molecule has 19 heavy (non-hydrogen) atoms. The smallest absolute Gasteiger partial charge is 0.254 e. The number of phenolic OH excluding ortho intramolecular Hbond substituents is 1. The van der Waals surface area contributed by atoms with Gasteiger partial charge < -0.3 is 15.3 Å². The largest absolute Gasteiger partial charge is 0.508 e. The molecule has 2 amide bonds. The highest BCUT2D eigenvalue weighted by Gasteiger charge is 2.24. The van der Waals surface area contributed by atoms with Gasteiger partial charge in [-0.05, 0) is 43.5 Å². The lowest BCUT2D eigenvalue weighted by Gasteiger charge is -2.17. The summed E-state index contributed by atoms with van der Waals surface area (Å²) in [6, 6.07) is 4.96. The van der Waals surface area contributed by atoms with Gasteiger partial charge in [0.05, 0.1) is 6.54 Å². The quantitative estimate of drug-likeness (QED) is 0.852. The first kappa shape index (κ1) is 13.4. The van der Waals surface area contributed by atoms with E-state index in [4.69, 9.17) is 0 Å². The minimum absolute atomic E-state index is 0.0509. The highest BCUT2D eigenvalue weighted by molar-refractivity contribution is 5.96. The number of nitrogens with one attached hydrogen (secondary N) is 1. The van der Waals surface area contributed by atoms with E-state index in [0.29, 0.717) is 17.2 Å². The first-order chi connectivity index (χ1) is 8.97. The lowest BCUT2D eigenvalue weighted by molar-refractivity contribution is -0.121. The minimum atomic E-state index is -0.228. The molecule has 0 radical (unpaired) electrons. The molecule has 0 heterocycles. The third-order valence-electron chi connectivity index (χ3n) is 3.11. The van der Waals surface area contributed by atoms with Crippen LogP contribution < -0.4 is 5.32 Å². The molecule has 0 atom stereocenters. The van der Waals surface area contributed by atoms with Crippen LogP contribution >= 0.6 is 0 Å². The fraction of sp³-hybridized carbons (Fsp3) is 0.429. The molecule has 1 aliphatic rings. The molecule has 2 rings (SSSR count). The van der Waals surface area contributed by atoms with E-state index in [-0.39, 0.29) is 24.1 Å². The minimum Gasteiger partial charge on any atom is -0.508 e. The van der Waals surface area contributed by atoms with Gasteiger partial charge in [-0.2, -0.15) is 0 Å². The summed E-state index contributed by atoms with van der Waals surface area (Å²) in [5.74, 6) is -0.200. The fourth-order valence-electron chi connectivity index (χ4n) is 1.80. The number of nitrogens with zero attached hydrogens (tertiary/aromatic N) is 1. The summed E-state index contributed by atoms with van der Waals surface area (Å²) in [4.78, 5) is 25.1. The number of aromatic hydroxyl groups is 1. The summed E-state index contributed by atoms with van der Waals surface area (Å²) in [6.45, 7) is 1.78. The molecular weight excluding hydrogens is 244 g/mol. The van der Waals surface area contributed by atoms with Crippen LogP contribution in [0.1, 0.15) is 28.8 Å². The van der Waals surface area contributed by atoms with Crippen molar-refractivity contribution in [3.63, 3.8) is 0 Å². The molecule has 5 heteroatoms. The van der Waals surface area contributed by atoms with Crippen molar-refractivity contribution in [2.24, 2.45) is 0 Å². The molecule has 1 aliphatic carbocycles. The molecule has 5 nitrogen and oxygen atoms in total. The van der Waals surface area contributed by atoms with Gasteiger partial charge in [0.2, 0.25) is 5.91 Å². The van der Waals surface area contributed by atoms with E-state index in [1.807, 2.05) is 0 Å². The van der Waals surface area contributed by atoms with Gasteiger partial charge in [0.25, 0.3) is 5.91 Å². The standard InChI is InChI=1S/C14H18N2O3/c1-9-7-10(3-6-12(9)17)14(19)16(2)8-13(18)15-11-4-5-11/h3,6-7,11,17H,4-5,8H2,1-2H3,(H,15,18). The Hall–Kier alpha value is -2.04. The second kappa shape index (κ2) is 5.30. The molecule has 1 aromatic carbocycles. The molecule has 0 aromatic heterocycles. The second-order valence-electron chi connectivity index (χ2n) is 5.00. The van der Waals surface area contributed by atoms with Crippen LogP contribution in [0.2, 0.25) is 0 Å². The van der Waals surface area contributed by atoms with Crippen molar-refractivity contribution in [2.75, 3.05) is 13.6 Å². The third kappa shape index (κ3) is 3.47. The van der Waals surface area contributed by atoms with Crippen LogP contribution in [0.5, 0.6) is 5.75 Å². The highest BCUT2D eigenvalue weighted by atomic mass is 16.3. The van der Waals surface area contributed by atoms with Crippen molar-refractivity contribution in [2.45, 2.75) is 25.8 Å². The van der Waals surface area contributed by atoms with Gasteiger partial charge in [-0.1, -0.05) is 0 Å². The van der Waals surface area contributed by atoms with Gasteiger partial charge in [-0.25, -0.2) is 0 Å². The summed E-state index contributed by atoms with van der Waals surface area (Å²) in [6.07, 6.45) is 2.06. The number of likely N-dealkylation sites (N-methyl/N-ethyl adjacent to an activating group) is 1. The second-order valence-corrected chi connectivity index (χ2v) is 5.00. The molecule has 1 saturated carbocycles. The Morgan fingerprint density at radius 1 is 1.42 bits per heavy atom. The maximum atomic E-state index is 12.1. The summed E-state index contributed by atoms with van der Waals surface area (Å²) >= 11 is 0. The third-order valence-corrected chi connectivity index (χ3v) is 3.11. The Morgan fingerprint density at radius 2 is 2.11 bits per heavy atom. The number of rotatable bonds is 4. The maximum absolute atomic E-state index is 12.1. The molecular formula is C14H18N2O3. The topological polar surface area (TPSA) is 69.6 Å². The van der Waals surface area contributed by atoms with E-state index >= 15 is 0 Å². The van der Waals surface area contributed by atoms with Gasteiger partial charge in [-0.15, -0.1) is 0 Å². The molecule has 0 saturated heterocycles. The summed E-state index contributed by atoms with van der Waals surface area (Å²) < 4.78 is 0. The van der Waals surface area contributed by atoms with Crippen LogP contribution in [0.25, 0.3) is 0 Å². The molecule has 0 bridgehead atoms. The normalized spacial score (nSPS) is 14.0. The van der Waals surface area contributed by atoms with Gasteiger partial charge >= 0.3 is 0 Å². The van der Waals surface area contributed by atoms with Crippen LogP contribution in [0.4, 0.5) is 0 Å². The molecule has 0 spiro atoms. The van der Waals surface area contributed by atoms with Crippen molar-refractivity contribution in [3.05, 3.63) is 29.3 Å². The van der Waals surface area contributed by atoms with E-state index in [9.17, 15) is 14.7 Å². The SMILES string of the molecule is Cc1cc(C(=O)N(C)CC(=O)NC2CC2)ccc1O. The average molecular weight is 262 g/mol. The summed E-state index contributed by atoms with van der Waals surface area (Å²) in [7, 11) is 1.59. The van der Waals surface area contributed by atoms with Crippen molar-refractivity contribution in [1.82, 2.24) is 10.2 Å². The Morgan fingerprint density at radius 3 is 2.68 bits per heavy atom. The number of carbonyl (C=O) groups is 2. The van der Waals surface area contributed by atoms with E-state index in [1.165, 1.54) is 11.0 Å². The van der Waals surface area contributed by atoms with E-state index in [1.54, 1.807) is 26.1 Å². The molecule has 1 aromatic rings. The van der Waals surface area contributed by atoms with Crippen LogP contribution in [0.15, 0.2) is 18.2 Å². The highest BCUT2D eigenvalue weighted by Crippen LogP contribution is 2.19. The van der Waals surface area contributed by atoms with Gasteiger partial charge in [-0.3, -0.25) is 9.59 Å². The van der Waals surface area contributed by atoms with Gasteiger partial charge in [0.1, 0.15) is 5.75 Å². The van der Waals surface area contributed by atoms with Crippen molar-refractivity contribution < 1.29 is 14.7 Å². The zero-order valence-corrected chi connectivity index (χ0v) is 11.1. The number of carbonyl (C=O) groups excluding carboxylic acids is 2. The predicted molar refractivity (Wildman–Crippen MR) is 71.0 cm³/mol. The first-order valence-electron chi connectivity index (χ1n) is 6.32. The van der Waals surface area contributed by atoms with Crippen molar-refractivity contribution >= 4 is 11.8 Å². The number of benzene rings is 1. The zero-order chi connectivity index (χ0) is 14.0. The number of hydrogen-bond acceptors (Lipinski definition) is 3. The van der Waals surface area contributed by atoms with Crippen molar-refractivity contribution in [1.29, 1.82) is 0 Å². The Labute approximate surface area is 112 Å². The molecule has 0 aliphatic heterocycles. The maximum Gasteiger partial charge on any atom is 0.254 e. The van der Waals surface area contributed by atoms with E-state index in [0.717, 1.165) is 12.8 Å². The molecule has 102 valence electrons. The fourth-order valence-corrected chi connectivity index (χ4v) is 1.80. The lowest BCUT2D eigenvalue weighted by atomic mass is 10.1. The van der Waals surface area contributed by atoms with Crippen LogP contribution in [-0.2, 0) is 4.79 Å². The number of phenols is 1. The molecule has 0 unspecified atom stereocenters. The Balaban J connectivity index is 1.97. The van der Waals surface area contributed by atoms with Gasteiger partial charge in [0.15, 0.2) is 0 Å². The van der Waals surface area contributed by atoms with E-state index < -0.39 is 0 Å². The molecule has 2 N–H and O–H groups in total. The van der Waals surface area contributed by atoms with Crippen LogP contribution in [0, 0.1) is 6.92 Å². The van der Waals surface area contributed by atoms with E-state index in [2.05, 4.69) is 5.32 Å². The average Bonchev–Trinajstić information content (AvgIpc) is 3.15. The number of hydrogen-bond donors (Lipinski definition) is 2.